The number of nitrogens with zero attached hydrogens (tertiary/aromatic N) is 2. The van der Waals surface area contributed by atoms with E-state index in [1.54, 1.807) is 7.11 Å². The van der Waals surface area contributed by atoms with Gasteiger partial charge in [0.05, 0.1) is 7.11 Å². The Morgan fingerprint density at radius 1 is 1.35 bits per heavy atom. The summed E-state index contributed by atoms with van der Waals surface area (Å²) in [5.41, 5.74) is 1.91. The fourth-order valence-corrected chi connectivity index (χ4v) is 3.68. The number of guanidine groups is 1. The summed E-state index contributed by atoms with van der Waals surface area (Å²) >= 11 is 0. The van der Waals surface area contributed by atoms with Gasteiger partial charge in [0, 0.05) is 26.7 Å². The number of halogens is 1. The van der Waals surface area contributed by atoms with Crippen molar-refractivity contribution in [3.63, 3.8) is 0 Å². The molecule has 1 heterocycles. The number of hydrogen-bond acceptors (Lipinski definition) is 2. The van der Waals surface area contributed by atoms with Crippen molar-refractivity contribution in [3.05, 3.63) is 29.8 Å². The molecule has 0 radical (unpaired) electrons. The average Bonchev–Trinajstić information content (AvgIpc) is 2.97. The quantitative estimate of drug-likeness (QED) is 0.454. The van der Waals surface area contributed by atoms with Crippen molar-refractivity contribution in [3.8, 4) is 5.75 Å². The fraction of sp³-hybridized carbons (Fsp3) is 0.611. The predicted octanol–water partition coefficient (Wildman–Crippen LogP) is 3.31. The first kappa shape index (κ1) is 18.4. The van der Waals surface area contributed by atoms with Crippen LogP contribution in [0.25, 0.3) is 0 Å². The minimum Gasteiger partial charge on any atom is -0.497 e. The number of likely N-dealkylation sites (tertiary alicyclic amines) is 1. The second kappa shape index (κ2) is 8.22. The fourth-order valence-electron chi connectivity index (χ4n) is 3.68. The molecule has 1 saturated heterocycles. The van der Waals surface area contributed by atoms with Crippen molar-refractivity contribution in [1.29, 1.82) is 0 Å². The lowest BCUT2D eigenvalue weighted by atomic mass is 9.68. The third-order valence-corrected chi connectivity index (χ3v) is 5.19. The molecule has 1 aliphatic heterocycles. The minimum atomic E-state index is 0. The molecule has 1 saturated carbocycles. The van der Waals surface area contributed by atoms with Gasteiger partial charge in [-0.05, 0) is 48.8 Å². The van der Waals surface area contributed by atoms with Crippen molar-refractivity contribution < 1.29 is 4.74 Å². The Morgan fingerprint density at radius 2 is 2.17 bits per heavy atom. The Kier molecular flexibility index (Phi) is 6.56. The van der Waals surface area contributed by atoms with Gasteiger partial charge in [-0.2, -0.15) is 0 Å². The molecule has 2 aliphatic rings. The highest BCUT2D eigenvalue weighted by Gasteiger charge is 2.43. The third kappa shape index (κ3) is 4.31. The van der Waals surface area contributed by atoms with Crippen molar-refractivity contribution in [1.82, 2.24) is 10.2 Å². The third-order valence-electron chi connectivity index (χ3n) is 5.19. The van der Waals surface area contributed by atoms with Crippen LogP contribution in [0.15, 0.2) is 29.3 Å². The number of rotatable bonds is 4. The monoisotopic (exact) mass is 429 g/mol. The lowest BCUT2D eigenvalue weighted by Gasteiger charge is -2.38. The maximum Gasteiger partial charge on any atom is 0.193 e. The van der Waals surface area contributed by atoms with Crippen LogP contribution < -0.4 is 10.1 Å². The smallest absolute Gasteiger partial charge is 0.193 e. The van der Waals surface area contributed by atoms with Crippen LogP contribution in [0, 0.1) is 5.41 Å². The summed E-state index contributed by atoms with van der Waals surface area (Å²) in [5.74, 6) is 1.99. The van der Waals surface area contributed by atoms with E-state index in [-0.39, 0.29) is 24.0 Å². The molecule has 5 heteroatoms. The van der Waals surface area contributed by atoms with Crippen LogP contribution in [0.1, 0.15) is 31.2 Å². The molecule has 0 bridgehead atoms. The number of hydrogen-bond donors (Lipinski definition) is 1. The first-order valence-electron chi connectivity index (χ1n) is 8.33. The maximum absolute atomic E-state index is 5.27. The zero-order valence-corrected chi connectivity index (χ0v) is 16.5. The van der Waals surface area contributed by atoms with E-state index in [2.05, 4.69) is 27.3 Å². The number of benzene rings is 1. The summed E-state index contributed by atoms with van der Waals surface area (Å²) < 4.78 is 5.27. The molecule has 0 aromatic heterocycles. The highest BCUT2D eigenvalue weighted by Crippen LogP contribution is 2.47. The molecule has 1 N–H and O–H groups in total. The van der Waals surface area contributed by atoms with Gasteiger partial charge in [-0.3, -0.25) is 4.99 Å². The normalized spacial score (nSPS) is 19.2. The van der Waals surface area contributed by atoms with E-state index in [0.29, 0.717) is 5.41 Å². The second-order valence-corrected chi connectivity index (χ2v) is 6.60. The first-order chi connectivity index (χ1) is 10.7. The van der Waals surface area contributed by atoms with Gasteiger partial charge < -0.3 is 15.0 Å². The number of aliphatic imine (C=N–C) groups is 1. The van der Waals surface area contributed by atoms with E-state index >= 15 is 0 Å². The number of ether oxygens (including phenoxy) is 1. The first-order valence-corrected chi connectivity index (χ1v) is 8.33. The summed E-state index contributed by atoms with van der Waals surface area (Å²) in [6.45, 7) is 3.24. The Balaban J connectivity index is 0.00000192. The van der Waals surface area contributed by atoms with Crippen molar-refractivity contribution in [2.45, 2.75) is 32.1 Å². The van der Waals surface area contributed by atoms with Gasteiger partial charge in [-0.25, -0.2) is 0 Å². The average molecular weight is 429 g/mol. The van der Waals surface area contributed by atoms with Gasteiger partial charge in [-0.15, -0.1) is 24.0 Å². The van der Waals surface area contributed by atoms with Crippen LogP contribution in [-0.2, 0) is 6.42 Å². The van der Waals surface area contributed by atoms with E-state index in [1.807, 2.05) is 19.2 Å². The van der Waals surface area contributed by atoms with E-state index in [0.717, 1.165) is 31.2 Å². The Bertz CT molecular complexity index is 543. The molecule has 23 heavy (non-hydrogen) atoms. The molecule has 0 amide bonds. The van der Waals surface area contributed by atoms with Crippen LogP contribution in [-0.4, -0.2) is 44.7 Å². The highest BCUT2D eigenvalue weighted by molar-refractivity contribution is 14.0. The Hall–Kier alpha value is -0.980. The topological polar surface area (TPSA) is 36.9 Å². The standard InChI is InChI=1S/C18H27N3O.HI/c1-19-17(21-12-10-18(14-21)8-4-9-18)20-11-7-15-5-3-6-16(13-15)22-2;/h3,5-6,13H,4,7-12,14H2,1-2H3,(H,19,20);1H. The van der Waals surface area contributed by atoms with Gasteiger partial charge >= 0.3 is 0 Å². The summed E-state index contributed by atoms with van der Waals surface area (Å²) in [4.78, 5) is 6.90. The lowest BCUT2D eigenvalue weighted by Crippen LogP contribution is -2.43. The van der Waals surface area contributed by atoms with Gasteiger partial charge in [0.15, 0.2) is 5.96 Å². The van der Waals surface area contributed by atoms with E-state index in [9.17, 15) is 0 Å². The maximum atomic E-state index is 5.27. The van der Waals surface area contributed by atoms with E-state index in [4.69, 9.17) is 4.74 Å². The molecule has 3 rings (SSSR count). The molecule has 2 fully saturated rings. The molecular formula is C18H28IN3O. The predicted molar refractivity (Wildman–Crippen MR) is 106 cm³/mol. The van der Waals surface area contributed by atoms with Gasteiger partial charge in [-0.1, -0.05) is 18.6 Å². The van der Waals surface area contributed by atoms with Crippen LogP contribution in [0.3, 0.4) is 0 Å². The Morgan fingerprint density at radius 3 is 2.78 bits per heavy atom. The summed E-state index contributed by atoms with van der Waals surface area (Å²) in [6.07, 6.45) is 6.54. The molecule has 1 aliphatic carbocycles. The largest absolute Gasteiger partial charge is 0.497 e. The molecule has 1 aromatic rings. The molecule has 4 nitrogen and oxygen atoms in total. The van der Waals surface area contributed by atoms with Gasteiger partial charge in [0.1, 0.15) is 5.75 Å². The van der Waals surface area contributed by atoms with Gasteiger partial charge in [0.25, 0.3) is 0 Å². The van der Waals surface area contributed by atoms with Crippen LogP contribution in [0.2, 0.25) is 0 Å². The van der Waals surface area contributed by atoms with Crippen LogP contribution in [0.4, 0.5) is 0 Å². The summed E-state index contributed by atoms with van der Waals surface area (Å²) in [6, 6.07) is 8.28. The summed E-state index contributed by atoms with van der Waals surface area (Å²) in [5, 5.41) is 3.52. The lowest BCUT2D eigenvalue weighted by molar-refractivity contribution is 0.151. The van der Waals surface area contributed by atoms with Crippen molar-refractivity contribution in [2.24, 2.45) is 10.4 Å². The van der Waals surface area contributed by atoms with Crippen LogP contribution >= 0.6 is 24.0 Å². The van der Waals surface area contributed by atoms with Gasteiger partial charge in [0.2, 0.25) is 0 Å². The molecule has 1 spiro atoms. The highest BCUT2D eigenvalue weighted by atomic mass is 127. The van der Waals surface area contributed by atoms with Crippen molar-refractivity contribution in [2.75, 3.05) is 33.8 Å². The Labute approximate surface area is 156 Å². The van der Waals surface area contributed by atoms with Crippen LogP contribution in [0.5, 0.6) is 5.75 Å². The zero-order chi connectivity index (χ0) is 15.4. The van der Waals surface area contributed by atoms with E-state index in [1.165, 1.54) is 37.8 Å². The molecular weight excluding hydrogens is 401 g/mol. The molecule has 0 unspecified atom stereocenters. The zero-order valence-electron chi connectivity index (χ0n) is 14.2. The number of nitrogens with one attached hydrogen (secondary N) is 1. The second-order valence-electron chi connectivity index (χ2n) is 6.60. The molecule has 128 valence electrons. The minimum absolute atomic E-state index is 0. The number of methoxy groups -OCH3 is 1. The molecule has 0 atom stereocenters. The van der Waals surface area contributed by atoms with Crippen molar-refractivity contribution >= 4 is 29.9 Å². The SMILES string of the molecule is CN=C(NCCc1cccc(OC)c1)N1CCC2(CCC2)C1.I. The van der Waals surface area contributed by atoms with E-state index < -0.39 is 0 Å². The molecule has 1 aromatic carbocycles. The summed E-state index contributed by atoms with van der Waals surface area (Å²) in [7, 11) is 3.60.